The molecule has 0 radical (unpaired) electrons. The third kappa shape index (κ3) is 3.18. The van der Waals surface area contributed by atoms with Crippen LogP contribution >= 0.6 is 11.6 Å². The molecule has 0 saturated carbocycles. The van der Waals surface area contributed by atoms with Gasteiger partial charge in [0.2, 0.25) is 5.91 Å². The molecule has 1 unspecified atom stereocenters. The lowest BCUT2D eigenvalue weighted by atomic mass is 9.87. The van der Waals surface area contributed by atoms with Gasteiger partial charge >= 0.3 is 0 Å². The van der Waals surface area contributed by atoms with E-state index < -0.39 is 6.04 Å². The first-order valence-corrected chi connectivity index (χ1v) is 5.36. The molecule has 0 aliphatic heterocycles. The second-order valence-corrected chi connectivity index (χ2v) is 5.10. The van der Waals surface area contributed by atoms with Crippen LogP contribution in [0.5, 0.6) is 0 Å². The van der Waals surface area contributed by atoms with E-state index in [4.69, 9.17) is 17.3 Å². The number of aromatic nitrogens is 1. The van der Waals surface area contributed by atoms with Crippen molar-refractivity contribution < 1.29 is 4.79 Å². The van der Waals surface area contributed by atoms with Gasteiger partial charge < -0.3 is 11.1 Å². The largest absolute Gasteiger partial charge is 0.322 e. The number of hydrogen-bond acceptors (Lipinski definition) is 3. The van der Waals surface area contributed by atoms with Crippen LogP contribution in [-0.2, 0) is 4.79 Å². The Labute approximate surface area is 100 Å². The van der Waals surface area contributed by atoms with Crippen molar-refractivity contribution in [3.8, 4) is 0 Å². The first kappa shape index (κ1) is 12.9. The number of nitrogens with two attached hydrogens (primary N) is 1. The molecule has 5 heteroatoms. The normalized spacial score (nSPS) is 13.3. The average Bonchev–Trinajstić information content (AvgIpc) is 2.19. The van der Waals surface area contributed by atoms with E-state index >= 15 is 0 Å². The van der Waals surface area contributed by atoms with Crippen LogP contribution in [0.4, 0.5) is 5.69 Å². The van der Waals surface area contributed by atoms with E-state index in [1.807, 2.05) is 20.8 Å². The topological polar surface area (TPSA) is 68.0 Å². The number of rotatable bonds is 2. The first-order valence-electron chi connectivity index (χ1n) is 4.98. The lowest BCUT2D eigenvalue weighted by Gasteiger charge is -2.25. The van der Waals surface area contributed by atoms with Crippen molar-refractivity contribution in [1.82, 2.24) is 4.98 Å². The van der Waals surface area contributed by atoms with Gasteiger partial charge in [-0.15, -0.1) is 0 Å². The van der Waals surface area contributed by atoms with E-state index in [0.29, 0.717) is 10.7 Å². The maximum atomic E-state index is 11.8. The zero-order chi connectivity index (χ0) is 12.3. The average molecular weight is 242 g/mol. The van der Waals surface area contributed by atoms with Gasteiger partial charge in [-0.25, -0.2) is 0 Å². The van der Waals surface area contributed by atoms with E-state index in [0.717, 1.165) is 0 Å². The molecular formula is C11H16ClN3O. The van der Waals surface area contributed by atoms with E-state index in [1.165, 1.54) is 6.20 Å². The van der Waals surface area contributed by atoms with Gasteiger partial charge in [0.05, 0.1) is 22.9 Å². The lowest BCUT2D eigenvalue weighted by Crippen LogP contribution is -2.45. The van der Waals surface area contributed by atoms with Crippen molar-refractivity contribution in [3.05, 3.63) is 23.5 Å². The summed E-state index contributed by atoms with van der Waals surface area (Å²) in [6.07, 6.45) is 3.05. The second-order valence-electron chi connectivity index (χ2n) is 4.69. The molecule has 0 aromatic carbocycles. The standard InChI is InChI=1S/C11H16ClN3O/c1-11(2,3)9(13)10(16)15-8-6-14-5-4-7(8)12/h4-6,9H,13H2,1-3H3,(H,15,16). The van der Waals surface area contributed by atoms with Gasteiger partial charge in [-0.05, 0) is 11.5 Å². The van der Waals surface area contributed by atoms with Gasteiger partial charge in [0.25, 0.3) is 0 Å². The highest BCUT2D eigenvalue weighted by Gasteiger charge is 2.27. The number of pyridine rings is 1. The molecular weight excluding hydrogens is 226 g/mol. The summed E-state index contributed by atoms with van der Waals surface area (Å²) in [7, 11) is 0. The molecule has 1 aromatic heterocycles. The molecule has 0 bridgehead atoms. The highest BCUT2D eigenvalue weighted by Crippen LogP contribution is 2.22. The Morgan fingerprint density at radius 2 is 2.19 bits per heavy atom. The maximum absolute atomic E-state index is 11.8. The highest BCUT2D eigenvalue weighted by molar-refractivity contribution is 6.33. The van der Waals surface area contributed by atoms with Crippen molar-refractivity contribution in [2.75, 3.05) is 5.32 Å². The highest BCUT2D eigenvalue weighted by atomic mass is 35.5. The summed E-state index contributed by atoms with van der Waals surface area (Å²) in [5.74, 6) is -0.262. The monoisotopic (exact) mass is 241 g/mol. The molecule has 1 atom stereocenters. The van der Waals surface area contributed by atoms with Gasteiger partial charge in [-0.3, -0.25) is 9.78 Å². The van der Waals surface area contributed by atoms with Crippen LogP contribution in [-0.4, -0.2) is 16.9 Å². The van der Waals surface area contributed by atoms with Crippen LogP contribution in [0.2, 0.25) is 5.02 Å². The van der Waals surface area contributed by atoms with Crippen molar-refractivity contribution in [3.63, 3.8) is 0 Å². The lowest BCUT2D eigenvalue weighted by molar-refractivity contribution is -0.119. The molecule has 1 rings (SSSR count). The number of carbonyl (C=O) groups is 1. The summed E-state index contributed by atoms with van der Waals surface area (Å²) in [6.45, 7) is 5.71. The SMILES string of the molecule is CC(C)(C)C(N)C(=O)Nc1cnccc1Cl. The number of halogens is 1. The molecule has 1 heterocycles. The summed E-state index contributed by atoms with van der Waals surface area (Å²) in [5.41, 5.74) is 6.00. The number of nitrogens with one attached hydrogen (secondary N) is 1. The summed E-state index contributed by atoms with van der Waals surface area (Å²) in [4.78, 5) is 15.7. The summed E-state index contributed by atoms with van der Waals surface area (Å²) in [5, 5.41) is 3.11. The van der Waals surface area contributed by atoms with Crippen LogP contribution in [0.15, 0.2) is 18.5 Å². The fourth-order valence-electron chi connectivity index (χ4n) is 1.07. The van der Waals surface area contributed by atoms with Gasteiger partial charge in [0.1, 0.15) is 0 Å². The number of hydrogen-bond donors (Lipinski definition) is 2. The molecule has 16 heavy (non-hydrogen) atoms. The first-order chi connectivity index (χ1) is 7.32. The summed E-state index contributed by atoms with van der Waals surface area (Å²) in [6, 6.07) is 1.02. The molecule has 0 spiro atoms. The minimum atomic E-state index is -0.594. The van der Waals surface area contributed by atoms with Gasteiger partial charge in [0.15, 0.2) is 0 Å². The van der Waals surface area contributed by atoms with Crippen LogP contribution in [0.1, 0.15) is 20.8 Å². The molecule has 4 nitrogen and oxygen atoms in total. The molecule has 0 aliphatic carbocycles. The predicted octanol–water partition coefficient (Wildman–Crippen LogP) is 2.05. The van der Waals surface area contributed by atoms with Gasteiger partial charge in [-0.1, -0.05) is 32.4 Å². The molecule has 0 aliphatic rings. The van der Waals surface area contributed by atoms with Crippen LogP contribution in [0, 0.1) is 5.41 Å². The maximum Gasteiger partial charge on any atom is 0.241 e. The van der Waals surface area contributed by atoms with E-state index in [1.54, 1.807) is 12.3 Å². The Hall–Kier alpha value is -1.13. The van der Waals surface area contributed by atoms with Crippen LogP contribution in [0.3, 0.4) is 0 Å². The van der Waals surface area contributed by atoms with Crippen molar-refractivity contribution >= 4 is 23.2 Å². The summed E-state index contributed by atoms with van der Waals surface area (Å²) < 4.78 is 0. The number of nitrogens with zero attached hydrogens (tertiary/aromatic N) is 1. The van der Waals surface area contributed by atoms with E-state index in [-0.39, 0.29) is 11.3 Å². The fourth-order valence-corrected chi connectivity index (χ4v) is 1.23. The minimum absolute atomic E-state index is 0.262. The molecule has 0 fully saturated rings. The number of carbonyl (C=O) groups excluding carboxylic acids is 1. The Morgan fingerprint density at radius 1 is 1.56 bits per heavy atom. The van der Waals surface area contributed by atoms with E-state index in [9.17, 15) is 4.79 Å². The molecule has 1 amide bonds. The smallest absolute Gasteiger partial charge is 0.241 e. The molecule has 0 saturated heterocycles. The van der Waals surface area contributed by atoms with Crippen molar-refractivity contribution in [1.29, 1.82) is 0 Å². The fraction of sp³-hybridized carbons (Fsp3) is 0.455. The Bertz CT molecular complexity index is 387. The molecule has 1 aromatic rings. The molecule has 3 N–H and O–H groups in total. The zero-order valence-corrected chi connectivity index (χ0v) is 10.4. The molecule has 88 valence electrons. The van der Waals surface area contributed by atoms with Crippen LogP contribution in [0.25, 0.3) is 0 Å². The number of amides is 1. The predicted molar refractivity (Wildman–Crippen MR) is 65.3 cm³/mol. The van der Waals surface area contributed by atoms with Crippen LogP contribution < -0.4 is 11.1 Å². The van der Waals surface area contributed by atoms with E-state index in [2.05, 4.69) is 10.3 Å². The number of anilines is 1. The Kier molecular flexibility index (Phi) is 3.88. The zero-order valence-electron chi connectivity index (χ0n) is 9.62. The Morgan fingerprint density at radius 3 is 2.69 bits per heavy atom. The van der Waals surface area contributed by atoms with Gasteiger partial charge in [0, 0.05) is 6.20 Å². The third-order valence-corrected chi connectivity index (χ3v) is 2.57. The third-order valence-electron chi connectivity index (χ3n) is 2.24. The second kappa shape index (κ2) is 4.80. The van der Waals surface area contributed by atoms with Crippen molar-refractivity contribution in [2.45, 2.75) is 26.8 Å². The summed E-state index contributed by atoms with van der Waals surface area (Å²) >= 11 is 5.89. The van der Waals surface area contributed by atoms with Gasteiger partial charge in [-0.2, -0.15) is 0 Å². The minimum Gasteiger partial charge on any atom is -0.322 e. The Balaban J connectivity index is 2.76. The quantitative estimate of drug-likeness (QED) is 0.833. The van der Waals surface area contributed by atoms with Crippen molar-refractivity contribution in [2.24, 2.45) is 11.1 Å².